The lowest BCUT2D eigenvalue weighted by atomic mass is 10.1. The van der Waals surface area contributed by atoms with E-state index in [0.29, 0.717) is 11.3 Å². The quantitative estimate of drug-likeness (QED) is 0.862. The second-order valence-electron chi connectivity index (χ2n) is 4.06. The zero-order valence-corrected chi connectivity index (χ0v) is 10.1. The second kappa shape index (κ2) is 5.19. The van der Waals surface area contributed by atoms with Crippen LogP contribution >= 0.6 is 0 Å². The van der Waals surface area contributed by atoms with E-state index in [1.807, 2.05) is 37.3 Å². The van der Waals surface area contributed by atoms with Crippen LogP contribution in [0.15, 0.2) is 42.7 Å². The summed E-state index contributed by atoms with van der Waals surface area (Å²) in [5.41, 5.74) is 9.07. The van der Waals surface area contributed by atoms with E-state index in [0.717, 1.165) is 11.3 Å². The van der Waals surface area contributed by atoms with Gasteiger partial charge in [-0.05, 0) is 30.7 Å². The maximum Gasteiger partial charge on any atom is 0.0991 e. The predicted octanol–water partition coefficient (Wildman–Crippen LogP) is 2.71. The number of anilines is 2. The number of nitrogens with zero attached hydrogens (tertiary/aromatic N) is 2. The molecular formula is C14H14N4. The summed E-state index contributed by atoms with van der Waals surface area (Å²) in [6.45, 7) is 2.04. The number of rotatable bonds is 3. The molecule has 0 amide bonds. The second-order valence-corrected chi connectivity index (χ2v) is 4.06. The Balaban J connectivity index is 2.15. The van der Waals surface area contributed by atoms with Crippen LogP contribution in [0.1, 0.15) is 24.1 Å². The van der Waals surface area contributed by atoms with Gasteiger partial charge in [-0.2, -0.15) is 5.26 Å². The average Bonchev–Trinajstić information content (AvgIpc) is 2.41. The molecule has 1 aromatic heterocycles. The number of hydrogen-bond acceptors (Lipinski definition) is 4. The molecule has 4 nitrogen and oxygen atoms in total. The van der Waals surface area contributed by atoms with Crippen LogP contribution in [0, 0.1) is 11.3 Å². The van der Waals surface area contributed by atoms with Gasteiger partial charge in [-0.1, -0.05) is 12.1 Å². The largest absolute Gasteiger partial charge is 0.396 e. The van der Waals surface area contributed by atoms with Crippen LogP contribution in [-0.4, -0.2) is 4.98 Å². The van der Waals surface area contributed by atoms with Crippen LogP contribution in [0.4, 0.5) is 11.4 Å². The normalized spacial score (nSPS) is 11.6. The summed E-state index contributed by atoms with van der Waals surface area (Å²) in [6.07, 6.45) is 3.32. The van der Waals surface area contributed by atoms with Crippen molar-refractivity contribution >= 4 is 11.4 Å². The molecular weight excluding hydrogens is 224 g/mol. The fraction of sp³-hybridized carbons (Fsp3) is 0.143. The zero-order chi connectivity index (χ0) is 13.0. The van der Waals surface area contributed by atoms with Crippen molar-refractivity contribution in [3.8, 4) is 6.07 Å². The minimum atomic E-state index is 0.113. The molecule has 2 rings (SSSR count). The molecule has 4 heteroatoms. The van der Waals surface area contributed by atoms with Gasteiger partial charge in [0.2, 0.25) is 0 Å². The lowest BCUT2D eigenvalue weighted by molar-refractivity contribution is 0.884. The van der Waals surface area contributed by atoms with E-state index < -0.39 is 0 Å². The van der Waals surface area contributed by atoms with Crippen LogP contribution in [0.5, 0.6) is 0 Å². The number of nitrogens with one attached hydrogen (secondary N) is 1. The summed E-state index contributed by atoms with van der Waals surface area (Å²) >= 11 is 0. The van der Waals surface area contributed by atoms with Crippen LogP contribution in [-0.2, 0) is 0 Å². The van der Waals surface area contributed by atoms with Crippen LogP contribution < -0.4 is 11.1 Å². The summed E-state index contributed by atoms with van der Waals surface area (Å²) in [5.74, 6) is 0. The summed E-state index contributed by atoms with van der Waals surface area (Å²) in [4.78, 5) is 3.95. The van der Waals surface area contributed by atoms with Crippen molar-refractivity contribution in [1.29, 1.82) is 5.26 Å². The molecule has 0 radical (unpaired) electrons. The van der Waals surface area contributed by atoms with Gasteiger partial charge < -0.3 is 11.1 Å². The van der Waals surface area contributed by atoms with Gasteiger partial charge in [-0.25, -0.2) is 0 Å². The van der Waals surface area contributed by atoms with Crippen molar-refractivity contribution in [3.63, 3.8) is 0 Å². The van der Waals surface area contributed by atoms with Crippen molar-refractivity contribution in [1.82, 2.24) is 4.98 Å². The Bertz CT molecular complexity index is 569. The van der Waals surface area contributed by atoms with E-state index in [9.17, 15) is 0 Å². The van der Waals surface area contributed by atoms with E-state index in [1.54, 1.807) is 12.4 Å². The molecule has 3 N–H and O–H groups in total. The molecule has 18 heavy (non-hydrogen) atoms. The molecule has 1 unspecified atom stereocenters. The summed E-state index contributed by atoms with van der Waals surface area (Å²) < 4.78 is 0. The summed E-state index contributed by atoms with van der Waals surface area (Å²) in [7, 11) is 0. The Labute approximate surface area is 106 Å². The molecule has 0 bridgehead atoms. The summed E-state index contributed by atoms with van der Waals surface area (Å²) in [6, 6.07) is 11.6. The molecule has 1 atom stereocenters. The first-order valence-electron chi connectivity index (χ1n) is 5.67. The third-order valence-electron chi connectivity index (χ3n) is 2.76. The predicted molar refractivity (Wildman–Crippen MR) is 71.8 cm³/mol. The third kappa shape index (κ3) is 2.58. The highest BCUT2D eigenvalue weighted by Gasteiger charge is 2.07. The number of nitrogens with two attached hydrogens (primary N) is 1. The van der Waals surface area contributed by atoms with Gasteiger partial charge in [0.05, 0.1) is 29.2 Å². The number of benzene rings is 1. The van der Waals surface area contributed by atoms with Crippen molar-refractivity contribution in [3.05, 3.63) is 53.9 Å². The van der Waals surface area contributed by atoms with Crippen LogP contribution in [0.3, 0.4) is 0 Å². The molecule has 90 valence electrons. The monoisotopic (exact) mass is 238 g/mol. The lowest BCUT2D eigenvalue weighted by Crippen LogP contribution is -2.08. The van der Waals surface area contributed by atoms with Crippen molar-refractivity contribution < 1.29 is 0 Å². The minimum absolute atomic E-state index is 0.113. The summed E-state index contributed by atoms with van der Waals surface area (Å²) in [5, 5.41) is 12.1. The van der Waals surface area contributed by atoms with Crippen molar-refractivity contribution in [2.24, 2.45) is 0 Å². The molecule has 0 aliphatic heterocycles. The molecule has 0 saturated heterocycles. The van der Waals surface area contributed by atoms with Gasteiger partial charge in [0.15, 0.2) is 0 Å². The molecule has 2 aromatic rings. The standard InChI is InChI=1S/C14H14N4/c1-10(12-4-2-11(8-15)3-5-12)18-14-6-7-17-9-13(14)16/h2-7,9-10H,16H2,1H3,(H,17,18). The molecule has 0 spiro atoms. The fourth-order valence-electron chi connectivity index (χ4n) is 1.70. The van der Waals surface area contributed by atoms with E-state index in [2.05, 4.69) is 16.4 Å². The van der Waals surface area contributed by atoms with E-state index in [4.69, 9.17) is 11.0 Å². The fourth-order valence-corrected chi connectivity index (χ4v) is 1.70. The van der Waals surface area contributed by atoms with Crippen LogP contribution in [0.2, 0.25) is 0 Å². The number of nitriles is 1. The first kappa shape index (κ1) is 11.9. The first-order valence-corrected chi connectivity index (χ1v) is 5.67. The average molecular weight is 238 g/mol. The maximum absolute atomic E-state index is 8.75. The minimum Gasteiger partial charge on any atom is -0.396 e. The third-order valence-corrected chi connectivity index (χ3v) is 2.76. The highest BCUT2D eigenvalue weighted by atomic mass is 14.9. The highest BCUT2D eigenvalue weighted by Crippen LogP contribution is 2.23. The number of nitrogen functional groups attached to an aromatic ring is 1. The molecule has 1 heterocycles. The first-order chi connectivity index (χ1) is 8.70. The van der Waals surface area contributed by atoms with Crippen molar-refractivity contribution in [2.45, 2.75) is 13.0 Å². The molecule has 0 aliphatic rings. The Hall–Kier alpha value is -2.54. The van der Waals surface area contributed by atoms with Crippen molar-refractivity contribution in [2.75, 3.05) is 11.1 Å². The number of aromatic nitrogens is 1. The highest BCUT2D eigenvalue weighted by molar-refractivity contribution is 5.64. The van der Waals surface area contributed by atoms with Gasteiger partial charge in [-0.3, -0.25) is 4.98 Å². The van der Waals surface area contributed by atoms with E-state index >= 15 is 0 Å². The van der Waals surface area contributed by atoms with Gasteiger partial charge in [0, 0.05) is 12.2 Å². The van der Waals surface area contributed by atoms with Gasteiger partial charge in [0.25, 0.3) is 0 Å². The SMILES string of the molecule is CC(Nc1ccncc1N)c1ccc(C#N)cc1. The smallest absolute Gasteiger partial charge is 0.0991 e. The maximum atomic E-state index is 8.75. The Kier molecular flexibility index (Phi) is 3.44. The molecule has 0 fully saturated rings. The van der Waals surface area contributed by atoms with Gasteiger partial charge >= 0.3 is 0 Å². The van der Waals surface area contributed by atoms with Gasteiger partial charge in [0.1, 0.15) is 0 Å². The molecule has 1 aromatic carbocycles. The van der Waals surface area contributed by atoms with Crippen LogP contribution in [0.25, 0.3) is 0 Å². The molecule has 0 saturated carbocycles. The van der Waals surface area contributed by atoms with E-state index in [1.165, 1.54) is 0 Å². The lowest BCUT2D eigenvalue weighted by Gasteiger charge is -2.16. The molecule has 0 aliphatic carbocycles. The van der Waals surface area contributed by atoms with E-state index in [-0.39, 0.29) is 6.04 Å². The Morgan fingerprint density at radius 3 is 2.61 bits per heavy atom. The topological polar surface area (TPSA) is 74.7 Å². The van der Waals surface area contributed by atoms with Gasteiger partial charge in [-0.15, -0.1) is 0 Å². The number of pyridine rings is 1. The Morgan fingerprint density at radius 2 is 2.00 bits per heavy atom. The Morgan fingerprint density at radius 1 is 1.28 bits per heavy atom. The number of hydrogen-bond donors (Lipinski definition) is 2. The zero-order valence-electron chi connectivity index (χ0n) is 10.1.